The predicted octanol–water partition coefficient (Wildman–Crippen LogP) is 5.61. The minimum absolute atomic E-state index is 0. The van der Waals surface area contributed by atoms with Gasteiger partial charge in [-0.25, -0.2) is 0 Å². The van der Waals surface area contributed by atoms with Crippen molar-refractivity contribution in [1.82, 2.24) is 14.8 Å². The highest BCUT2D eigenvalue weighted by Gasteiger charge is 2.30. The number of rotatable bonds is 6. The van der Waals surface area contributed by atoms with E-state index in [0.717, 1.165) is 55.0 Å². The van der Waals surface area contributed by atoms with Gasteiger partial charge in [-0.2, -0.15) is 0 Å². The Balaban J connectivity index is 0.00000274. The molecule has 1 aromatic heterocycles. The molecule has 0 bridgehead atoms. The van der Waals surface area contributed by atoms with Gasteiger partial charge in [0.25, 0.3) is 5.91 Å². The van der Waals surface area contributed by atoms with Gasteiger partial charge in [0.15, 0.2) is 0 Å². The van der Waals surface area contributed by atoms with Gasteiger partial charge in [0.2, 0.25) is 0 Å². The average molecular weight is 472 g/mol. The molecule has 4 nitrogen and oxygen atoms in total. The molecular weight excluding hydrogens is 442 g/mol. The summed E-state index contributed by atoms with van der Waals surface area (Å²) in [5, 5.41) is 3.49. The number of nitrogens with zero attached hydrogens (tertiary/aromatic N) is 2. The number of nitrogens with one attached hydrogen (secondary N) is 1. The van der Waals surface area contributed by atoms with E-state index in [1.165, 1.54) is 5.56 Å². The Kier molecular flexibility index (Phi) is 7.84. The minimum atomic E-state index is 0. The molecule has 1 atom stereocenters. The van der Waals surface area contributed by atoms with Gasteiger partial charge in [-0.05, 0) is 42.2 Å². The second-order valence-electron chi connectivity index (χ2n) is 8.53. The van der Waals surface area contributed by atoms with E-state index in [1.807, 2.05) is 54.7 Å². The first-order valence-corrected chi connectivity index (χ1v) is 11.7. The summed E-state index contributed by atoms with van der Waals surface area (Å²) >= 11 is 0. The monoisotopic (exact) mass is 471 g/mol. The van der Waals surface area contributed by atoms with Crippen LogP contribution in [-0.2, 0) is 6.42 Å². The Bertz CT molecular complexity index is 1190. The van der Waals surface area contributed by atoms with Gasteiger partial charge in [0.05, 0.1) is 11.3 Å². The lowest BCUT2D eigenvalue weighted by molar-refractivity contribution is 0.0626. The van der Waals surface area contributed by atoms with Crippen molar-refractivity contribution < 1.29 is 4.79 Å². The molecule has 1 amide bonds. The second kappa shape index (κ2) is 11.2. The molecule has 0 unspecified atom stereocenters. The van der Waals surface area contributed by atoms with Crippen molar-refractivity contribution in [2.75, 3.05) is 19.6 Å². The molecule has 1 N–H and O–H groups in total. The fourth-order valence-corrected chi connectivity index (χ4v) is 4.72. The van der Waals surface area contributed by atoms with Crippen molar-refractivity contribution in [1.29, 1.82) is 0 Å². The minimum Gasteiger partial charge on any atom is -0.333 e. The summed E-state index contributed by atoms with van der Waals surface area (Å²) in [6.45, 7) is 2.38. The van der Waals surface area contributed by atoms with Crippen LogP contribution in [0, 0.1) is 0 Å². The average Bonchev–Trinajstić information content (AvgIpc) is 3.34. The number of carbonyl (C=O) groups excluding carboxylic acids is 1. The largest absolute Gasteiger partial charge is 0.333 e. The summed E-state index contributed by atoms with van der Waals surface area (Å²) in [7, 11) is 0. The molecule has 1 saturated heterocycles. The number of aromatic nitrogens is 1. The first kappa shape index (κ1) is 23.8. The number of halogens is 1. The van der Waals surface area contributed by atoms with E-state index in [1.54, 1.807) is 0 Å². The highest BCUT2D eigenvalue weighted by atomic mass is 35.5. The Morgan fingerprint density at radius 2 is 1.50 bits per heavy atom. The summed E-state index contributed by atoms with van der Waals surface area (Å²) in [6.07, 6.45) is 3.93. The molecule has 0 aliphatic carbocycles. The molecule has 0 spiro atoms. The third-order valence-corrected chi connectivity index (χ3v) is 6.42. The number of aryl methyl sites for hydroxylation is 1. The number of hydrogen-bond acceptors (Lipinski definition) is 2. The van der Waals surface area contributed by atoms with Crippen molar-refractivity contribution in [3.05, 3.63) is 114 Å². The normalized spacial score (nSPS) is 15.5. The molecular formula is C29H30ClN3O. The summed E-state index contributed by atoms with van der Waals surface area (Å²) in [6, 6.07) is 33.1. The SMILES string of the molecule is Cl.O=C(c1ccn(-c2ccccc2)c1-c1ccccc1)N1CCNC[C@H]1CCc1ccccc1. The fourth-order valence-electron chi connectivity index (χ4n) is 4.72. The van der Waals surface area contributed by atoms with Gasteiger partial charge in [0, 0.05) is 37.6 Å². The molecule has 34 heavy (non-hydrogen) atoms. The van der Waals surface area contributed by atoms with E-state index in [4.69, 9.17) is 0 Å². The predicted molar refractivity (Wildman–Crippen MR) is 141 cm³/mol. The van der Waals surface area contributed by atoms with Crippen LogP contribution in [-0.4, -0.2) is 41.1 Å². The van der Waals surface area contributed by atoms with E-state index in [2.05, 4.69) is 63.3 Å². The second-order valence-corrected chi connectivity index (χ2v) is 8.53. The van der Waals surface area contributed by atoms with Crippen LogP contribution in [0.2, 0.25) is 0 Å². The topological polar surface area (TPSA) is 37.3 Å². The van der Waals surface area contributed by atoms with Crippen molar-refractivity contribution in [3.8, 4) is 16.9 Å². The quantitative estimate of drug-likeness (QED) is 0.396. The number of para-hydroxylation sites is 1. The van der Waals surface area contributed by atoms with E-state index < -0.39 is 0 Å². The van der Waals surface area contributed by atoms with Crippen LogP contribution >= 0.6 is 12.4 Å². The maximum Gasteiger partial charge on any atom is 0.256 e. The zero-order valence-electron chi connectivity index (χ0n) is 19.1. The van der Waals surface area contributed by atoms with Crippen LogP contribution in [0.3, 0.4) is 0 Å². The smallest absolute Gasteiger partial charge is 0.256 e. The first-order chi connectivity index (χ1) is 16.3. The Morgan fingerprint density at radius 1 is 0.853 bits per heavy atom. The lowest BCUT2D eigenvalue weighted by atomic mass is 10.0. The van der Waals surface area contributed by atoms with Crippen LogP contribution in [0.5, 0.6) is 0 Å². The molecule has 2 heterocycles. The molecule has 1 fully saturated rings. The molecule has 5 rings (SSSR count). The molecule has 174 valence electrons. The van der Waals surface area contributed by atoms with Crippen LogP contribution in [0.1, 0.15) is 22.3 Å². The molecule has 5 heteroatoms. The van der Waals surface area contributed by atoms with E-state index >= 15 is 0 Å². The van der Waals surface area contributed by atoms with Gasteiger partial charge < -0.3 is 14.8 Å². The van der Waals surface area contributed by atoms with Gasteiger partial charge in [-0.15, -0.1) is 12.4 Å². The maximum atomic E-state index is 13.9. The lowest BCUT2D eigenvalue weighted by Gasteiger charge is -2.36. The molecule has 1 aliphatic heterocycles. The Hall–Kier alpha value is -3.34. The number of piperazine rings is 1. The molecule has 1 aliphatic rings. The highest BCUT2D eigenvalue weighted by molar-refractivity contribution is 6.01. The van der Waals surface area contributed by atoms with Crippen molar-refractivity contribution in [2.24, 2.45) is 0 Å². The van der Waals surface area contributed by atoms with Gasteiger partial charge >= 0.3 is 0 Å². The van der Waals surface area contributed by atoms with E-state index in [-0.39, 0.29) is 24.4 Å². The first-order valence-electron chi connectivity index (χ1n) is 11.7. The Morgan fingerprint density at radius 3 is 2.21 bits per heavy atom. The van der Waals surface area contributed by atoms with Crippen molar-refractivity contribution >= 4 is 18.3 Å². The van der Waals surface area contributed by atoms with Crippen LogP contribution in [0.25, 0.3) is 16.9 Å². The number of benzene rings is 3. The summed E-state index contributed by atoms with van der Waals surface area (Å²) < 4.78 is 2.13. The van der Waals surface area contributed by atoms with Crippen molar-refractivity contribution in [3.63, 3.8) is 0 Å². The standard InChI is InChI=1S/C29H29N3O.ClH/c33-29(32-21-19-30-22-26(32)17-16-23-10-4-1-5-11-23)27-18-20-31(25-14-8-3-9-15-25)28(27)24-12-6-2-7-13-24;/h1-15,18,20,26,30H,16-17,19,21-22H2;1H/t26-;/m1./s1. The fraction of sp³-hybridized carbons (Fsp3) is 0.207. The maximum absolute atomic E-state index is 13.9. The summed E-state index contributed by atoms with van der Waals surface area (Å²) in [4.78, 5) is 16.0. The molecule has 3 aromatic carbocycles. The number of amides is 1. The van der Waals surface area contributed by atoms with Crippen molar-refractivity contribution in [2.45, 2.75) is 18.9 Å². The summed E-state index contributed by atoms with van der Waals surface area (Å²) in [5.41, 5.74) is 5.13. The van der Waals surface area contributed by atoms with Crippen LogP contribution in [0.15, 0.2) is 103 Å². The highest BCUT2D eigenvalue weighted by Crippen LogP contribution is 2.30. The number of hydrogen-bond donors (Lipinski definition) is 1. The third-order valence-electron chi connectivity index (χ3n) is 6.42. The molecule has 0 radical (unpaired) electrons. The molecule has 0 saturated carbocycles. The zero-order chi connectivity index (χ0) is 22.5. The van der Waals surface area contributed by atoms with Gasteiger partial charge in [-0.3, -0.25) is 4.79 Å². The summed E-state index contributed by atoms with van der Waals surface area (Å²) in [5.74, 6) is 0.114. The zero-order valence-corrected chi connectivity index (χ0v) is 20.0. The molecule has 4 aromatic rings. The lowest BCUT2D eigenvalue weighted by Crippen LogP contribution is -2.53. The number of carbonyl (C=O) groups is 1. The third kappa shape index (κ3) is 5.09. The Labute approximate surface area is 207 Å². The van der Waals surface area contributed by atoms with E-state index in [9.17, 15) is 4.79 Å². The van der Waals surface area contributed by atoms with E-state index in [0.29, 0.717) is 0 Å². The van der Waals surface area contributed by atoms with Crippen LogP contribution < -0.4 is 5.32 Å². The van der Waals surface area contributed by atoms with Crippen LogP contribution in [0.4, 0.5) is 0 Å². The van der Waals surface area contributed by atoms with Gasteiger partial charge in [-0.1, -0.05) is 78.9 Å². The van der Waals surface area contributed by atoms with Gasteiger partial charge in [0.1, 0.15) is 0 Å².